The molecular weight excluding hydrogens is 178 g/mol. The monoisotopic (exact) mass is 195 g/mol. The average Bonchev–Trinajstić information content (AvgIpc) is 2.16. The first-order chi connectivity index (χ1) is 6.47. The molecule has 3 N–H and O–H groups in total. The SMILES string of the molecule is CN(c1ccnc(N)c1)C(C)(C)CO. The van der Waals surface area contributed by atoms with E-state index in [4.69, 9.17) is 5.73 Å². The first-order valence-corrected chi connectivity index (χ1v) is 4.53. The van der Waals surface area contributed by atoms with Gasteiger partial charge in [-0.3, -0.25) is 0 Å². The molecule has 0 aromatic carbocycles. The molecule has 4 nitrogen and oxygen atoms in total. The molecule has 0 saturated heterocycles. The molecule has 0 amide bonds. The van der Waals surface area contributed by atoms with Crippen molar-refractivity contribution in [3.05, 3.63) is 18.3 Å². The fraction of sp³-hybridized carbons (Fsp3) is 0.500. The number of pyridine rings is 1. The molecule has 14 heavy (non-hydrogen) atoms. The van der Waals surface area contributed by atoms with E-state index in [1.165, 1.54) is 0 Å². The quantitative estimate of drug-likeness (QED) is 0.751. The van der Waals surface area contributed by atoms with Crippen LogP contribution in [0.15, 0.2) is 18.3 Å². The molecule has 0 unspecified atom stereocenters. The van der Waals surface area contributed by atoms with Gasteiger partial charge < -0.3 is 15.7 Å². The molecule has 0 bridgehead atoms. The zero-order valence-corrected chi connectivity index (χ0v) is 8.86. The summed E-state index contributed by atoms with van der Waals surface area (Å²) in [6.07, 6.45) is 1.66. The summed E-state index contributed by atoms with van der Waals surface area (Å²) < 4.78 is 0. The number of nitrogen functional groups attached to an aromatic ring is 1. The predicted octanol–water partition coefficient (Wildman–Crippen LogP) is 0.871. The molecule has 0 radical (unpaired) electrons. The fourth-order valence-corrected chi connectivity index (χ4v) is 1.10. The van der Waals surface area contributed by atoms with Crippen LogP contribution in [0.4, 0.5) is 11.5 Å². The average molecular weight is 195 g/mol. The lowest BCUT2D eigenvalue weighted by Crippen LogP contribution is -2.44. The summed E-state index contributed by atoms with van der Waals surface area (Å²) in [6, 6.07) is 3.66. The third-order valence-electron chi connectivity index (χ3n) is 2.45. The highest BCUT2D eigenvalue weighted by Crippen LogP contribution is 2.22. The Balaban J connectivity index is 2.94. The Labute approximate surface area is 84.4 Å². The van der Waals surface area contributed by atoms with Crippen molar-refractivity contribution in [3.63, 3.8) is 0 Å². The molecule has 0 saturated carbocycles. The van der Waals surface area contributed by atoms with Crippen LogP contribution in [0, 0.1) is 0 Å². The highest BCUT2D eigenvalue weighted by Gasteiger charge is 2.22. The number of likely N-dealkylation sites (N-methyl/N-ethyl adjacent to an activating group) is 1. The van der Waals surface area contributed by atoms with E-state index in [0.29, 0.717) is 5.82 Å². The summed E-state index contributed by atoms with van der Waals surface area (Å²) in [5.74, 6) is 0.489. The molecular formula is C10H17N3O. The van der Waals surface area contributed by atoms with Crippen molar-refractivity contribution >= 4 is 11.5 Å². The van der Waals surface area contributed by atoms with Crippen molar-refractivity contribution in [2.45, 2.75) is 19.4 Å². The summed E-state index contributed by atoms with van der Waals surface area (Å²) in [5, 5.41) is 9.21. The number of hydrogen-bond donors (Lipinski definition) is 2. The second-order valence-corrected chi connectivity index (χ2v) is 3.97. The Kier molecular flexibility index (Phi) is 2.96. The van der Waals surface area contributed by atoms with Crippen LogP contribution in [-0.2, 0) is 0 Å². The van der Waals surface area contributed by atoms with E-state index < -0.39 is 0 Å². The van der Waals surface area contributed by atoms with Gasteiger partial charge in [0.2, 0.25) is 0 Å². The zero-order chi connectivity index (χ0) is 10.8. The number of nitrogens with two attached hydrogens (primary N) is 1. The van der Waals surface area contributed by atoms with Gasteiger partial charge in [-0.25, -0.2) is 4.98 Å². The van der Waals surface area contributed by atoms with E-state index in [-0.39, 0.29) is 12.1 Å². The fourth-order valence-electron chi connectivity index (χ4n) is 1.10. The van der Waals surface area contributed by atoms with Gasteiger partial charge in [0.05, 0.1) is 12.1 Å². The molecule has 1 aromatic heterocycles. The molecule has 1 rings (SSSR count). The first-order valence-electron chi connectivity index (χ1n) is 4.53. The molecule has 4 heteroatoms. The summed E-state index contributed by atoms with van der Waals surface area (Å²) >= 11 is 0. The lowest BCUT2D eigenvalue weighted by atomic mass is 10.0. The number of rotatable bonds is 3. The van der Waals surface area contributed by atoms with Gasteiger partial charge in [-0.1, -0.05) is 0 Å². The minimum Gasteiger partial charge on any atom is -0.394 e. The highest BCUT2D eigenvalue weighted by atomic mass is 16.3. The topological polar surface area (TPSA) is 62.4 Å². The number of aromatic nitrogens is 1. The van der Waals surface area contributed by atoms with Crippen molar-refractivity contribution in [2.75, 3.05) is 24.3 Å². The minimum absolute atomic E-state index is 0.0890. The Morgan fingerprint density at radius 3 is 2.71 bits per heavy atom. The largest absolute Gasteiger partial charge is 0.394 e. The second kappa shape index (κ2) is 3.84. The van der Waals surface area contributed by atoms with Crippen LogP contribution in [0.2, 0.25) is 0 Å². The second-order valence-electron chi connectivity index (χ2n) is 3.97. The first kappa shape index (κ1) is 10.8. The summed E-state index contributed by atoms with van der Waals surface area (Å²) in [4.78, 5) is 5.90. The van der Waals surface area contributed by atoms with Gasteiger partial charge in [0.1, 0.15) is 5.82 Å². The Morgan fingerprint density at radius 2 is 2.21 bits per heavy atom. The third-order valence-corrected chi connectivity index (χ3v) is 2.45. The van der Waals surface area contributed by atoms with Crippen molar-refractivity contribution in [1.29, 1.82) is 0 Å². The zero-order valence-electron chi connectivity index (χ0n) is 8.86. The van der Waals surface area contributed by atoms with Crippen molar-refractivity contribution in [2.24, 2.45) is 0 Å². The Morgan fingerprint density at radius 1 is 1.57 bits per heavy atom. The van der Waals surface area contributed by atoms with Gasteiger partial charge in [0, 0.05) is 25.0 Å². The Bertz CT molecular complexity index is 312. The summed E-state index contributed by atoms with van der Waals surface area (Å²) in [5.41, 5.74) is 6.24. The maximum absolute atomic E-state index is 9.21. The number of hydrogen-bond acceptors (Lipinski definition) is 4. The molecule has 0 spiro atoms. The van der Waals surface area contributed by atoms with Crippen LogP contribution in [0.1, 0.15) is 13.8 Å². The van der Waals surface area contributed by atoms with Gasteiger partial charge in [0.25, 0.3) is 0 Å². The smallest absolute Gasteiger partial charge is 0.125 e. The van der Waals surface area contributed by atoms with E-state index in [1.54, 1.807) is 12.3 Å². The molecule has 0 fully saturated rings. The number of anilines is 2. The van der Waals surface area contributed by atoms with Crippen molar-refractivity contribution in [3.8, 4) is 0 Å². The van der Waals surface area contributed by atoms with Crippen LogP contribution in [0.3, 0.4) is 0 Å². The van der Waals surface area contributed by atoms with Gasteiger partial charge in [-0.15, -0.1) is 0 Å². The van der Waals surface area contributed by atoms with E-state index in [2.05, 4.69) is 4.98 Å². The maximum atomic E-state index is 9.21. The molecule has 0 atom stereocenters. The van der Waals surface area contributed by atoms with Crippen molar-refractivity contribution in [1.82, 2.24) is 4.98 Å². The summed E-state index contributed by atoms with van der Waals surface area (Å²) in [6.45, 7) is 4.01. The minimum atomic E-state index is -0.298. The lowest BCUT2D eigenvalue weighted by Gasteiger charge is -2.35. The third kappa shape index (κ3) is 2.14. The normalized spacial score (nSPS) is 11.4. The molecule has 78 valence electrons. The predicted molar refractivity (Wildman–Crippen MR) is 58.2 cm³/mol. The van der Waals surface area contributed by atoms with E-state index in [1.807, 2.05) is 31.9 Å². The van der Waals surface area contributed by atoms with Crippen LogP contribution in [0.5, 0.6) is 0 Å². The molecule has 0 aliphatic rings. The molecule has 0 aliphatic heterocycles. The van der Waals surface area contributed by atoms with Gasteiger partial charge in [0.15, 0.2) is 0 Å². The Hall–Kier alpha value is -1.29. The molecule has 1 aromatic rings. The van der Waals surface area contributed by atoms with E-state index >= 15 is 0 Å². The standard InChI is InChI=1S/C10H17N3O/c1-10(2,7-14)13(3)8-4-5-12-9(11)6-8/h4-6,14H,7H2,1-3H3,(H2,11,12). The van der Waals surface area contributed by atoms with Gasteiger partial charge in [-0.2, -0.15) is 0 Å². The van der Waals surface area contributed by atoms with Gasteiger partial charge >= 0.3 is 0 Å². The van der Waals surface area contributed by atoms with Crippen molar-refractivity contribution < 1.29 is 5.11 Å². The van der Waals surface area contributed by atoms with Gasteiger partial charge in [-0.05, 0) is 19.9 Å². The van der Waals surface area contributed by atoms with E-state index in [0.717, 1.165) is 5.69 Å². The molecule has 0 aliphatic carbocycles. The van der Waals surface area contributed by atoms with Crippen LogP contribution in [-0.4, -0.2) is 29.3 Å². The lowest BCUT2D eigenvalue weighted by molar-refractivity contribution is 0.216. The van der Waals surface area contributed by atoms with E-state index in [9.17, 15) is 5.11 Å². The maximum Gasteiger partial charge on any atom is 0.125 e. The van der Waals surface area contributed by atoms with Crippen LogP contribution < -0.4 is 10.6 Å². The number of aliphatic hydroxyl groups is 1. The molecule has 1 heterocycles. The number of aliphatic hydroxyl groups excluding tert-OH is 1. The van der Waals surface area contributed by atoms with Crippen LogP contribution >= 0.6 is 0 Å². The number of nitrogens with zero attached hydrogens (tertiary/aromatic N) is 2. The highest BCUT2D eigenvalue weighted by molar-refractivity contribution is 5.53. The summed E-state index contributed by atoms with van der Waals surface area (Å²) in [7, 11) is 1.92. The van der Waals surface area contributed by atoms with Crippen LogP contribution in [0.25, 0.3) is 0 Å².